The van der Waals surface area contributed by atoms with Gasteiger partial charge in [0.25, 0.3) is 0 Å². The van der Waals surface area contributed by atoms with E-state index in [-0.39, 0.29) is 12.5 Å². The average molecular weight is 356 g/mol. The summed E-state index contributed by atoms with van der Waals surface area (Å²) in [6, 6.07) is 6.92. The zero-order valence-electron chi connectivity index (χ0n) is 14.9. The van der Waals surface area contributed by atoms with Gasteiger partial charge in [0, 0.05) is 24.6 Å². The van der Waals surface area contributed by atoms with Gasteiger partial charge >= 0.3 is 12.0 Å². The number of urea groups is 1. The van der Waals surface area contributed by atoms with Gasteiger partial charge in [-0.1, -0.05) is 19.1 Å². The molecule has 0 saturated heterocycles. The Morgan fingerprint density at radius 2 is 2.12 bits per heavy atom. The second-order valence-corrected chi connectivity index (χ2v) is 6.61. The predicted molar refractivity (Wildman–Crippen MR) is 99.5 cm³/mol. The minimum absolute atomic E-state index is 0.0665. The summed E-state index contributed by atoms with van der Waals surface area (Å²) in [5.41, 5.74) is 3.39. The SMILES string of the molecule is CCCn1ncc(NC(=O)Nc2cccc(CCC(=O)O)c2)c1C1CC1. The van der Waals surface area contributed by atoms with Crippen LogP contribution in [0.25, 0.3) is 0 Å². The Bertz CT molecular complexity index is 796. The summed E-state index contributed by atoms with van der Waals surface area (Å²) < 4.78 is 1.99. The lowest BCUT2D eigenvalue weighted by Crippen LogP contribution is -2.20. The molecule has 3 N–H and O–H groups in total. The number of aryl methyl sites for hydroxylation is 2. The van der Waals surface area contributed by atoms with Crippen LogP contribution < -0.4 is 10.6 Å². The molecule has 2 amide bonds. The van der Waals surface area contributed by atoms with Crippen LogP contribution in [0.15, 0.2) is 30.5 Å². The number of benzene rings is 1. The molecule has 7 nitrogen and oxygen atoms in total. The molecule has 1 aromatic heterocycles. The maximum absolute atomic E-state index is 12.4. The van der Waals surface area contributed by atoms with Crippen LogP contribution in [0.1, 0.15) is 49.8 Å². The molecule has 0 bridgehead atoms. The summed E-state index contributed by atoms with van der Waals surface area (Å²) in [6.45, 7) is 2.95. The Labute approximate surface area is 152 Å². The Hall–Kier alpha value is -2.83. The van der Waals surface area contributed by atoms with Gasteiger partial charge in [0.05, 0.1) is 17.6 Å². The topological polar surface area (TPSA) is 96.3 Å². The third-order valence-corrected chi connectivity index (χ3v) is 4.34. The highest BCUT2D eigenvalue weighted by atomic mass is 16.4. The standard InChI is InChI=1S/C19H24N4O3/c1-2-10-23-18(14-7-8-14)16(12-20-23)22-19(26)21-15-5-3-4-13(11-15)6-9-17(24)25/h3-5,11-12,14H,2,6-10H2,1H3,(H,24,25)(H2,21,22,26). The van der Waals surface area contributed by atoms with Crippen LogP contribution in [0, 0.1) is 0 Å². The van der Waals surface area contributed by atoms with Crippen molar-refractivity contribution in [2.75, 3.05) is 10.6 Å². The monoisotopic (exact) mass is 356 g/mol. The number of carboxylic acids is 1. The number of anilines is 2. The Balaban J connectivity index is 1.64. The van der Waals surface area contributed by atoms with Gasteiger partial charge in [-0.3, -0.25) is 9.48 Å². The summed E-state index contributed by atoms with van der Waals surface area (Å²) in [7, 11) is 0. The van der Waals surface area contributed by atoms with Gasteiger partial charge in [-0.25, -0.2) is 4.79 Å². The van der Waals surface area contributed by atoms with Crippen molar-refractivity contribution in [2.24, 2.45) is 0 Å². The molecule has 1 fully saturated rings. The van der Waals surface area contributed by atoms with Gasteiger partial charge in [-0.05, 0) is 43.4 Å². The molecule has 0 radical (unpaired) electrons. The molecule has 2 aromatic rings. The first-order valence-corrected chi connectivity index (χ1v) is 9.01. The van der Waals surface area contributed by atoms with Crippen molar-refractivity contribution in [2.45, 2.75) is 51.5 Å². The van der Waals surface area contributed by atoms with Crippen LogP contribution in [0.4, 0.5) is 16.2 Å². The minimum Gasteiger partial charge on any atom is -0.481 e. The number of aromatic nitrogens is 2. The van der Waals surface area contributed by atoms with E-state index in [1.54, 1.807) is 18.3 Å². The van der Waals surface area contributed by atoms with Crippen LogP contribution in [-0.2, 0) is 17.8 Å². The lowest BCUT2D eigenvalue weighted by molar-refractivity contribution is -0.136. The molecule has 7 heteroatoms. The maximum atomic E-state index is 12.4. The van der Waals surface area contributed by atoms with Crippen molar-refractivity contribution in [3.05, 3.63) is 41.7 Å². The molecule has 0 aliphatic heterocycles. The first kappa shape index (κ1) is 18.0. The van der Waals surface area contributed by atoms with Gasteiger partial charge in [0.2, 0.25) is 0 Å². The van der Waals surface area contributed by atoms with E-state index in [1.807, 2.05) is 16.8 Å². The number of aliphatic carboxylic acids is 1. The molecule has 1 aromatic carbocycles. The summed E-state index contributed by atoms with van der Waals surface area (Å²) in [5.74, 6) is -0.350. The number of carboxylic acid groups (broad SMARTS) is 1. The van der Waals surface area contributed by atoms with Crippen molar-refractivity contribution >= 4 is 23.4 Å². The minimum atomic E-state index is -0.835. The fourth-order valence-corrected chi connectivity index (χ4v) is 3.01. The number of amides is 2. The van der Waals surface area contributed by atoms with Gasteiger partial charge in [0.1, 0.15) is 0 Å². The second kappa shape index (κ2) is 8.03. The van der Waals surface area contributed by atoms with Crippen molar-refractivity contribution < 1.29 is 14.7 Å². The number of hydrogen-bond donors (Lipinski definition) is 3. The van der Waals surface area contributed by atoms with Crippen molar-refractivity contribution in [1.29, 1.82) is 0 Å². The van der Waals surface area contributed by atoms with E-state index in [0.29, 0.717) is 18.0 Å². The average Bonchev–Trinajstić information content (AvgIpc) is 3.36. The first-order valence-electron chi connectivity index (χ1n) is 9.01. The Morgan fingerprint density at radius 1 is 1.31 bits per heavy atom. The van der Waals surface area contributed by atoms with E-state index < -0.39 is 5.97 Å². The Kier molecular flexibility index (Phi) is 5.55. The number of nitrogens with one attached hydrogen (secondary N) is 2. The summed E-state index contributed by atoms with van der Waals surface area (Å²) >= 11 is 0. The van der Waals surface area contributed by atoms with E-state index >= 15 is 0 Å². The van der Waals surface area contributed by atoms with E-state index in [9.17, 15) is 9.59 Å². The molecule has 0 spiro atoms. The molecule has 138 valence electrons. The molecule has 1 heterocycles. The highest BCUT2D eigenvalue weighted by Crippen LogP contribution is 2.43. The fraction of sp³-hybridized carbons (Fsp3) is 0.421. The molecule has 0 unspecified atom stereocenters. The quantitative estimate of drug-likeness (QED) is 0.670. The Morgan fingerprint density at radius 3 is 2.81 bits per heavy atom. The molecule has 0 atom stereocenters. The van der Waals surface area contributed by atoms with Gasteiger partial charge in [-0.2, -0.15) is 5.10 Å². The zero-order valence-corrected chi connectivity index (χ0v) is 14.9. The number of rotatable bonds is 8. The molecular formula is C19H24N4O3. The van der Waals surface area contributed by atoms with E-state index in [1.165, 1.54) is 0 Å². The molecule has 1 aliphatic rings. The lowest BCUT2D eigenvalue weighted by Gasteiger charge is -2.11. The summed E-state index contributed by atoms with van der Waals surface area (Å²) in [4.78, 5) is 23.1. The van der Waals surface area contributed by atoms with Crippen LogP contribution in [0.3, 0.4) is 0 Å². The lowest BCUT2D eigenvalue weighted by atomic mass is 10.1. The molecule has 26 heavy (non-hydrogen) atoms. The van der Waals surface area contributed by atoms with E-state index in [2.05, 4.69) is 22.7 Å². The molecule has 1 aliphatic carbocycles. The maximum Gasteiger partial charge on any atom is 0.323 e. The van der Waals surface area contributed by atoms with Gasteiger partial charge in [0.15, 0.2) is 0 Å². The van der Waals surface area contributed by atoms with E-state index in [4.69, 9.17) is 5.11 Å². The van der Waals surface area contributed by atoms with Crippen molar-refractivity contribution in [3.63, 3.8) is 0 Å². The summed E-state index contributed by atoms with van der Waals surface area (Å²) in [5, 5.41) is 18.9. The van der Waals surface area contributed by atoms with Crippen LogP contribution in [-0.4, -0.2) is 26.9 Å². The van der Waals surface area contributed by atoms with E-state index in [0.717, 1.165) is 42.8 Å². The van der Waals surface area contributed by atoms with Crippen LogP contribution in [0.2, 0.25) is 0 Å². The zero-order chi connectivity index (χ0) is 18.5. The fourth-order valence-electron chi connectivity index (χ4n) is 3.01. The van der Waals surface area contributed by atoms with Gasteiger partial charge in [-0.15, -0.1) is 0 Å². The van der Waals surface area contributed by atoms with Crippen molar-refractivity contribution in [1.82, 2.24) is 9.78 Å². The highest BCUT2D eigenvalue weighted by Gasteiger charge is 2.30. The first-order chi connectivity index (χ1) is 12.6. The third kappa shape index (κ3) is 4.62. The smallest absolute Gasteiger partial charge is 0.323 e. The number of carbonyl (C=O) groups excluding carboxylic acids is 1. The van der Waals surface area contributed by atoms with Crippen LogP contribution >= 0.6 is 0 Å². The normalized spacial score (nSPS) is 13.4. The second-order valence-electron chi connectivity index (χ2n) is 6.61. The largest absolute Gasteiger partial charge is 0.481 e. The molecule has 1 saturated carbocycles. The van der Waals surface area contributed by atoms with Crippen molar-refractivity contribution in [3.8, 4) is 0 Å². The highest BCUT2D eigenvalue weighted by molar-refractivity contribution is 6.00. The summed E-state index contributed by atoms with van der Waals surface area (Å²) in [6.07, 6.45) is 5.48. The number of carbonyl (C=O) groups is 2. The molecular weight excluding hydrogens is 332 g/mol. The van der Waals surface area contributed by atoms with Gasteiger partial charge < -0.3 is 15.7 Å². The van der Waals surface area contributed by atoms with Crippen LogP contribution in [0.5, 0.6) is 0 Å². The number of nitrogens with zero attached hydrogens (tertiary/aromatic N) is 2. The number of hydrogen-bond acceptors (Lipinski definition) is 3. The predicted octanol–water partition coefficient (Wildman–Crippen LogP) is 3.83. The molecule has 3 rings (SSSR count). The third-order valence-electron chi connectivity index (χ3n) is 4.34.